The fraction of sp³-hybridized carbons (Fsp3) is 0.824. The molecule has 7 heteroatoms. The Morgan fingerprint density at radius 1 is 1.17 bits per heavy atom. The molecule has 0 saturated heterocycles. The van der Waals surface area contributed by atoms with Gasteiger partial charge in [-0.2, -0.15) is 0 Å². The molecule has 7 nitrogen and oxygen atoms in total. The van der Waals surface area contributed by atoms with Gasteiger partial charge in [-0.25, -0.2) is 4.68 Å². The number of rotatable bonds is 13. The van der Waals surface area contributed by atoms with Crippen molar-refractivity contribution >= 4 is 5.91 Å². The molecule has 0 aliphatic carbocycles. The second-order valence-electron chi connectivity index (χ2n) is 6.60. The first-order valence-corrected chi connectivity index (χ1v) is 8.82. The number of hydrogen-bond acceptors (Lipinski definition) is 5. The van der Waals surface area contributed by atoms with Crippen LogP contribution in [0.2, 0.25) is 0 Å². The maximum absolute atomic E-state index is 11.4. The molecule has 0 radical (unpaired) electrons. The zero-order chi connectivity index (χ0) is 17.8. The van der Waals surface area contributed by atoms with Crippen molar-refractivity contribution in [3.05, 3.63) is 11.9 Å². The topological polar surface area (TPSA) is 78.3 Å². The predicted molar refractivity (Wildman–Crippen MR) is 92.6 cm³/mol. The van der Waals surface area contributed by atoms with Crippen molar-refractivity contribution in [2.24, 2.45) is 5.92 Å². The van der Waals surface area contributed by atoms with Crippen molar-refractivity contribution in [2.75, 3.05) is 26.4 Å². The van der Waals surface area contributed by atoms with Crippen LogP contribution in [0.4, 0.5) is 0 Å². The molecule has 1 aromatic heterocycles. The SMILES string of the molecule is CC(C)CC(=O)NCCCCOCCOCc1cn(C(C)C)nn1. The van der Waals surface area contributed by atoms with Crippen LogP contribution >= 0.6 is 0 Å². The summed E-state index contributed by atoms with van der Waals surface area (Å²) in [6.07, 6.45) is 4.37. The monoisotopic (exact) mass is 340 g/mol. The Bertz CT molecular complexity index is 460. The van der Waals surface area contributed by atoms with Gasteiger partial charge in [-0.15, -0.1) is 5.10 Å². The average molecular weight is 340 g/mol. The highest BCUT2D eigenvalue weighted by Crippen LogP contribution is 2.03. The molecule has 1 rings (SSSR count). The van der Waals surface area contributed by atoms with Gasteiger partial charge in [-0.3, -0.25) is 4.79 Å². The highest BCUT2D eigenvalue weighted by atomic mass is 16.5. The van der Waals surface area contributed by atoms with E-state index in [0.29, 0.717) is 44.8 Å². The van der Waals surface area contributed by atoms with Crippen molar-refractivity contribution in [3.8, 4) is 0 Å². The number of nitrogens with one attached hydrogen (secondary N) is 1. The maximum Gasteiger partial charge on any atom is 0.220 e. The Balaban J connectivity index is 1.89. The van der Waals surface area contributed by atoms with Gasteiger partial charge >= 0.3 is 0 Å². The molecule has 24 heavy (non-hydrogen) atoms. The van der Waals surface area contributed by atoms with Gasteiger partial charge < -0.3 is 14.8 Å². The molecular formula is C17H32N4O3. The molecule has 1 aromatic rings. The van der Waals surface area contributed by atoms with Gasteiger partial charge in [0, 0.05) is 25.6 Å². The lowest BCUT2D eigenvalue weighted by molar-refractivity contribution is -0.121. The lowest BCUT2D eigenvalue weighted by Gasteiger charge is -2.07. The van der Waals surface area contributed by atoms with Crippen molar-refractivity contribution in [1.29, 1.82) is 0 Å². The van der Waals surface area contributed by atoms with Gasteiger partial charge in [-0.1, -0.05) is 19.1 Å². The normalized spacial score (nSPS) is 11.4. The van der Waals surface area contributed by atoms with E-state index >= 15 is 0 Å². The second-order valence-corrected chi connectivity index (χ2v) is 6.60. The zero-order valence-electron chi connectivity index (χ0n) is 15.5. The van der Waals surface area contributed by atoms with E-state index in [-0.39, 0.29) is 5.91 Å². The zero-order valence-corrected chi connectivity index (χ0v) is 15.5. The lowest BCUT2D eigenvalue weighted by atomic mass is 10.1. The first kappa shape index (κ1) is 20.6. The molecule has 0 spiro atoms. The highest BCUT2D eigenvalue weighted by molar-refractivity contribution is 5.75. The minimum absolute atomic E-state index is 0.133. The third kappa shape index (κ3) is 9.62. The molecule has 0 bridgehead atoms. The lowest BCUT2D eigenvalue weighted by Crippen LogP contribution is -2.25. The Labute approximate surface area is 145 Å². The predicted octanol–water partition coefficient (Wildman–Crippen LogP) is 2.33. The second kappa shape index (κ2) is 12.0. The van der Waals surface area contributed by atoms with Crippen molar-refractivity contribution in [1.82, 2.24) is 20.3 Å². The van der Waals surface area contributed by atoms with Crippen LogP contribution in [0.15, 0.2) is 6.20 Å². The molecule has 0 aliphatic rings. The van der Waals surface area contributed by atoms with Crippen molar-refractivity contribution in [3.63, 3.8) is 0 Å². The van der Waals surface area contributed by atoms with E-state index in [0.717, 1.165) is 25.1 Å². The number of aromatic nitrogens is 3. The Morgan fingerprint density at radius 3 is 2.58 bits per heavy atom. The van der Waals surface area contributed by atoms with E-state index in [1.54, 1.807) is 0 Å². The third-order valence-electron chi connectivity index (χ3n) is 3.34. The number of carbonyl (C=O) groups excluding carboxylic acids is 1. The van der Waals surface area contributed by atoms with Crippen LogP contribution in [-0.4, -0.2) is 47.3 Å². The molecule has 0 fully saturated rings. The number of amides is 1. The molecule has 0 unspecified atom stereocenters. The van der Waals surface area contributed by atoms with Crippen LogP contribution in [0.25, 0.3) is 0 Å². The van der Waals surface area contributed by atoms with E-state index in [2.05, 4.69) is 29.5 Å². The van der Waals surface area contributed by atoms with Gasteiger partial charge in [0.15, 0.2) is 0 Å². The Hall–Kier alpha value is -1.47. The van der Waals surface area contributed by atoms with E-state index < -0.39 is 0 Å². The van der Waals surface area contributed by atoms with E-state index in [1.165, 1.54) is 0 Å². The van der Waals surface area contributed by atoms with Crippen molar-refractivity contribution in [2.45, 2.75) is 59.6 Å². The largest absolute Gasteiger partial charge is 0.379 e. The summed E-state index contributed by atoms with van der Waals surface area (Å²) < 4.78 is 12.8. The molecule has 0 aromatic carbocycles. The van der Waals surface area contributed by atoms with Crippen molar-refractivity contribution < 1.29 is 14.3 Å². The smallest absolute Gasteiger partial charge is 0.220 e. The van der Waals surface area contributed by atoms with Crippen LogP contribution in [0.3, 0.4) is 0 Å². The summed E-state index contributed by atoms with van der Waals surface area (Å²) in [6, 6.07) is 0.310. The van der Waals surface area contributed by atoms with Crippen LogP contribution in [0.1, 0.15) is 58.7 Å². The molecule has 0 saturated carbocycles. The highest BCUT2D eigenvalue weighted by Gasteiger charge is 2.04. The molecule has 0 atom stereocenters. The summed E-state index contributed by atoms with van der Waals surface area (Å²) in [5.74, 6) is 0.539. The summed E-state index contributed by atoms with van der Waals surface area (Å²) in [5, 5.41) is 11.0. The number of carbonyl (C=O) groups is 1. The minimum atomic E-state index is 0.133. The van der Waals surface area contributed by atoms with E-state index in [4.69, 9.17) is 9.47 Å². The van der Waals surface area contributed by atoms with Crippen LogP contribution in [0.5, 0.6) is 0 Å². The third-order valence-corrected chi connectivity index (χ3v) is 3.34. The Kier molecular flexibility index (Phi) is 10.3. The average Bonchev–Trinajstić information content (AvgIpc) is 2.97. The molecule has 0 aliphatic heterocycles. The minimum Gasteiger partial charge on any atom is -0.379 e. The number of hydrogen-bond donors (Lipinski definition) is 1. The van der Waals surface area contributed by atoms with Crippen LogP contribution in [-0.2, 0) is 20.9 Å². The van der Waals surface area contributed by atoms with Gasteiger partial charge in [0.2, 0.25) is 5.91 Å². The van der Waals surface area contributed by atoms with Gasteiger partial charge in [0.1, 0.15) is 5.69 Å². The quantitative estimate of drug-likeness (QED) is 0.558. The summed E-state index contributed by atoms with van der Waals surface area (Å²) in [6.45, 7) is 11.2. The number of ether oxygens (including phenoxy) is 2. The molecule has 138 valence electrons. The van der Waals surface area contributed by atoms with Gasteiger partial charge in [0.25, 0.3) is 0 Å². The molecular weight excluding hydrogens is 308 g/mol. The summed E-state index contributed by atoms with van der Waals surface area (Å²) >= 11 is 0. The summed E-state index contributed by atoms with van der Waals surface area (Å²) in [5.41, 5.74) is 0.834. The standard InChI is InChI=1S/C17H32N4O3/c1-14(2)11-17(22)18-7-5-6-8-23-9-10-24-13-16-12-21(15(3)4)20-19-16/h12,14-15H,5-11,13H2,1-4H3,(H,18,22). The van der Waals surface area contributed by atoms with E-state index in [9.17, 15) is 4.79 Å². The summed E-state index contributed by atoms with van der Waals surface area (Å²) in [7, 11) is 0. The fourth-order valence-electron chi connectivity index (χ4n) is 2.03. The molecule has 1 N–H and O–H groups in total. The number of nitrogens with zero attached hydrogens (tertiary/aromatic N) is 3. The molecule has 1 amide bonds. The first-order chi connectivity index (χ1) is 11.5. The Morgan fingerprint density at radius 2 is 1.92 bits per heavy atom. The number of unbranched alkanes of at least 4 members (excludes halogenated alkanes) is 1. The van der Waals surface area contributed by atoms with E-state index in [1.807, 2.05) is 24.7 Å². The first-order valence-electron chi connectivity index (χ1n) is 8.82. The van der Waals surface area contributed by atoms with Gasteiger partial charge in [0.05, 0.1) is 26.0 Å². The van der Waals surface area contributed by atoms with Crippen LogP contribution in [0, 0.1) is 5.92 Å². The van der Waals surface area contributed by atoms with Crippen LogP contribution < -0.4 is 5.32 Å². The maximum atomic E-state index is 11.4. The van der Waals surface area contributed by atoms with Gasteiger partial charge in [-0.05, 0) is 32.6 Å². The molecule has 1 heterocycles. The fourth-order valence-corrected chi connectivity index (χ4v) is 2.03. The summed E-state index contributed by atoms with van der Waals surface area (Å²) in [4.78, 5) is 11.4.